The summed E-state index contributed by atoms with van der Waals surface area (Å²) in [5.41, 5.74) is 1.49. The topological polar surface area (TPSA) is 98.3 Å². The Hall–Kier alpha value is -3.71. The van der Waals surface area contributed by atoms with Crippen LogP contribution in [0.25, 0.3) is 22.4 Å². The lowest BCUT2D eigenvalue weighted by molar-refractivity contribution is -0.384. The second-order valence-corrected chi connectivity index (χ2v) is 6.33. The first-order chi connectivity index (χ1) is 13.5. The highest BCUT2D eigenvalue weighted by Crippen LogP contribution is 2.29. The van der Waals surface area contributed by atoms with Gasteiger partial charge in [-0.15, -0.1) is 0 Å². The number of furan rings is 1. The second-order valence-electron chi connectivity index (χ2n) is 5.93. The normalized spacial score (nSPS) is 10.8. The number of para-hydroxylation sites is 1. The molecule has 138 valence electrons. The van der Waals surface area contributed by atoms with Gasteiger partial charge >= 0.3 is 0 Å². The van der Waals surface area contributed by atoms with Gasteiger partial charge in [0.2, 0.25) is 0 Å². The number of hydrogen-bond acceptors (Lipinski definition) is 5. The number of amides is 1. The molecular weight excluding hydrogens is 382 g/mol. The van der Waals surface area contributed by atoms with Gasteiger partial charge in [0.15, 0.2) is 5.76 Å². The van der Waals surface area contributed by atoms with E-state index in [0.717, 1.165) is 0 Å². The predicted molar refractivity (Wildman–Crippen MR) is 106 cm³/mol. The number of nitrogens with one attached hydrogen (secondary N) is 1. The van der Waals surface area contributed by atoms with Crippen molar-refractivity contribution in [1.29, 1.82) is 0 Å². The molecule has 0 saturated heterocycles. The first kappa shape index (κ1) is 17.7. The zero-order valence-electron chi connectivity index (χ0n) is 14.3. The molecular formula is C20H12ClN3O4. The Kier molecular flexibility index (Phi) is 4.50. The summed E-state index contributed by atoms with van der Waals surface area (Å²) in [6.45, 7) is 0. The van der Waals surface area contributed by atoms with Crippen LogP contribution in [0.5, 0.6) is 0 Å². The number of halogens is 1. The van der Waals surface area contributed by atoms with E-state index >= 15 is 0 Å². The van der Waals surface area contributed by atoms with Gasteiger partial charge in [-0.1, -0.05) is 29.8 Å². The van der Waals surface area contributed by atoms with Crippen LogP contribution in [0.3, 0.4) is 0 Å². The molecule has 0 spiro atoms. The Balaban J connectivity index is 1.77. The molecule has 0 radical (unpaired) electrons. The third-order valence-corrected chi connectivity index (χ3v) is 4.45. The summed E-state index contributed by atoms with van der Waals surface area (Å²) in [6.07, 6.45) is 1.53. The highest BCUT2D eigenvalue weighted by atomic mass is 35.5. The second kappa shape index (κ2) is 7.13. The number of carbonyl (C=O) groups excluding carboxylic acids is 1. The van der Waals surface area contributed by atoms with E-state index in [2.05, 4.69) is 10.3 Å². The van der Waals surface area contributed by atoms with E-state index in [0.29, 0.717) is 27.9 Å². The molecule has 8 heteroatoms. The number of rotatable bonds is 4. The predicted octanol–water partition coefficient (Wildman–Crippen LogP) is 5.31. The summed E-state index contributed by atoms with van der Waals surface area (Å²) in [6, 6.07) is 16.4. The van der Waals surface area contributed by atoms with Crippen molar-refractivity contribution in [3.05, 3.63) is 87.6 Å². The van der Waals surface area contributed by atoms with Gasteiger partial charge < -0.3 is 9.73 Å². The average Bonchev–Trinajstić information content (AvgIpc) is 3.23. The summed E-state index contributed by atoms with van der Waals surface area (Å²) in [5, 5.41) is 14.4. The molecule has 4 rings (SSSR count). The summed E-state index contributed by atoms with van der Waals surface area (Å²) in [5.74, 6) is 0.102. The van der Waals surface area contributed by atoms with Crippen LogP contribution in [0.15, 0.2) is 71.3 Å². The van der Waals surface area contributed by atoms with Crippen LogP contribution in [0, 0.1) is 10.1 Å². The van der Waals surface area contributed by atoms with E-state index in [1.54, 1.807) is 36.4 Å². The maximum Gasteiger partial charge on any atom is 0.289 e. The lowest BCUT2D eigenvalue weighted by atomic mass is 10.1. The molecule has 0 aliphatic rings. The van der Waals surface area contributed by atoms with Crippen molar-refractivity contribution < 1.29 is 14.1 Å². The summed E-state index contributed by atoms with van der Waals surface area (Å²) < 4.78 is 5.39. The Morgan fingerprint density at radius 2 is 1.93 bits per heavy atom. The lowest BCUT2D eigenvalue weighted by Gasteiger charge is -2.10. The van der Waals surface area contributed by atoms with Gasteiger partial charge in [0.1, 0.15) is 10.7 Å². The Bertz CT molecular complexity index is 1210. The zero-order valence-corrected chi connectivity index (χ0v) is 15.0. The number of fused-ring (bicyclic) bond motifs is 1. The van der Waals surface area contributed by atoms with Crippen LogP contribution >= 0.6 is 11.6 Å². The number of nitro benzene ring substituents is 1. The third kappa shape index (κ3) is 3.30. The molecule has 1 N–H and O–H groups in total. The van der Waals surface area contributed by atoms with Gasteiger partial charge in [0.25, 0.3) is 11.6 Å². The lowest BCUT2D eigenvalue weighted by Crippen LogP contribution is -2.13. The fourth-order valence-corrected chi connectivity index (χ4v) is 3.03. The monoisotopic (exact) mass is 393 g/mol. The number of carbonyl (C=O) groups is 1. The van der Waals surface area contributed by atoms with Crippen LogP contribution in [-0.4, -0.2) is 15.8 Å². The first-order valence-corrected chi connectivity index (χ1v) is 8.59. The van der Waals surface area contributed by atoms with Crippen molar-refractivity contribution in [2.24, 2.45) is 0 Å². The molecule has 2 aromatic heterocycles. The van der Waals surface area contributed by atoms with Gasteiger partial charge in [-0.05, 0) is 36.4 Å². The smallest absolute Gasteiger partial charge is 0.289 e. The molecule has 0 bridgehead atoms. The van der Waals surface area contributed by atoms with E-state index in [4.69, 9.17) is 16.0 Å². The summed E-state index contributed by atoms with van der Waals surface area (Å²) in [4.78, 5) is 27.9. The van der Waals surface area contributed by atoms with Crippen molar-refractivity contribution in [1.82, 2.24) is 4.98 Å². The standard InChI is InChI=1S/C20H12ClN3O4/c21-15-8-7-12(10-18(15)24(26)27)22-20(25)14-11-17(19-6-3-9-28-19)23-16-5-2-1-4-13(14)16/h1-11H,(H,22,25). The van der Waals surface area contributed by atoms with Gasteiger partial charge in [0.05, 0.1) is 22.3 Å². The van der Waals surface area contributed by atoms with E-state index in [1.165, 1.54) is 24.5 Å². The number of aromatic nitrogens is 1. The molecule has 0 unspecified atom stereocenters. The van der Waals surface area contributed by atoms with Crippen LogP contribution in [0.2, 0.25) is 5.02 Å². The molecule has 0 atom stereocenters. The minimum Gasteiger partial charge on any atom is -0.463 e. The first-order valence-electron chi connectivity index (χ1n) is 8.22. The van der Waals surface area contributed by atoms with E-state index in [-0.39, 0.29) is 16.4 Å². The van der Waals surface area contributed by atoms with Crippen LogP contribution < -0.4 is 5.32 Å². The maximum absolute atomic E-state index is 12.9. The number of nitro groups is 1. The Morgan fingerprint density at radius 3 is 2.68 bits per heavy atom. The van der Waals surface area contributed by atoms with Crippen LogP contribution in [-0.2, 0) is 0 Å². The molecule has 28 heavy (non-hydrogen) atoms. The molecule has 0 saturated carbocycles. The highest BCUT2D eigenvalue weighted by molar-refractivity contribution is 6.32. The van der Waals surface area contributed by atoms with Crippen molar-refractivity contribution in [2.45, 2.75) is 0 Å². The van der Waals surface area contributed by atoms with Crippen molar-refractivity contribution in [3.8, 4) is 11.5 Å². The average molecular weight is 394 g/mol. The molecule has 1 amide bonds. The van der Waals surface area contributed by atoms with E-state index < -0.39 is 10.8 Å². The molecule has 0 aliphatic heterocycles. The number of hydrogen-bond donors (Lipinski definition) is 1. The van der Waals surface area contributed by atoms with Crippen molar-refractivity contribution in [3.63, 3.8) is 0 Å². The van der Waals surface area contributed by atoms with Gasteiger partial charge in [-0.25, -0.2) is 4.98 Å². The number of anilines is 1. The highest BCUT2D eigenvalue weighted by Gasteiger charge is 2.17. The molecule has 7 nitrogen and oxygen atoms in total. The number of pyridine rings is 1. The SMILES string of the molecule is O=C(Nc1ccc(Cl)c([N+](=O)[O-])c1)c1cc(-c2ccco2)nc2ccccc12. The molecule has 4 aromatic rings. The van der Waals surface area contributed by atoms with Gasteiger partial charge in [-0.3, -0.25) is 14.9 Å². The quantitative estimate of drug-likeness (QED) is 0.374. The summed E-state index contributed by atoms with van der Waals surface area (Å²) in [7, 11) is 0. The van der Waals surface area contributed by atoms with Crippen LogP contribution in [0.1, 0.15) is 10.4 Å². The number of nitrogens with zero attached hydrogens (tertiary/aromatic N) is 2. The van der Waals surface area contributed by atoms with Gasteiger partial charge in [0, 0.05) is 17.1 Å². The summed E-state index contributed by atoms with van der Waals surface area (Å²) >= 11 is 5.83. The van der Waals surface area contributed by atoms with E-state index in [9.17, 15) is 14.9 Å². The zero-order chi connectivity index (χ0) is 19.7. The Labute approximate surface area is 163 Å². The van der Waals surface area contributed by atoms with Crippen LogP contribution in [0.4, 0.5) is 11.4 Å². The third-order valence-electron chi connectivity index (χ3n) is 4.14. The molecule has 0 aliphatic carbocycles. The molecule has 2 aromatic carbocycles. The minimum atomic E-state index is -0.602. The fraction of sp³-hybridized carbons (Fsp3) is 0. The van der Waals surface area contributed by atoms with E-state index in [1.807, 2.05) is 6.07 Å². The molecule has 2 heterocycles. The Morgan fingerprint density at radius 1 is 1.11 bits per heavy atom. The van der Waals surface area contributed by atoms with Gasteiger partial charge in [-0.2, -0.15) is 0 Å². The minimum absolute atomic E-state index is 0.00235. The maximum atomic E-state index is 12.9. The van der Waals surface area contributed by atoms with Crippen molar-refractivity contribution in [2.75, 3.05) is 5.32 Å². The van der Waals surface area contributed by atoms with Crippen molar-refractivity contribution >= 4 is 39.8 Å². The fourth-order valence-electron chi connectivity index (χ4n) is 2.84. The largest absolute Gasteiger partial charge is 0.463 e. The molecule has 0 fully saturated rings. The number of benzene rings is 2.